The summed E-state index contributed by atoms with van der Waals surface area (Å²) in [5, 5.41) is 0. The van der Waals surface area contributed by atoms with Crippen LogP contribution in [0.4, 0.5) is 0 Å². The second-order valence-electron chi connectivity index (χ2n) is 3.88. The van der Waals surface area contributed by atoms with Gasteiger partial charge in [-0.1, -0.05) is 6.92 Å². The Morgan fingerprint density at radius 1 is 1.70 bits per heavy atom. The average molecular weight is 157 g/mol. The molecule has 2 aliphatic rings. The topological polar surface area (TPSA) is 26.0 Å². The van der Waals surface area contributed by atoms with Gasteiger partial charge in [-0.25, -0.2) is 0 Å². The van der Waals surface area contributed by atoms with Gasteiger partial charge in [0.25, 0.3) is 0 Å². The summed E-state index contributed by atoms with van der Waals surface area (Å²) in [5.74, 6) is 4.60. The number of rotatable bonds is 2. The summed E-state index contributed by atoms with van der Waals surface area (Å²) in [4.78, 5) is 0. The molecule has 2 N–H and O–H groups in total. The number of hydrogen-bond acceptors (Lipinski definition) is 2. The van der Waals surface area contributed by atoms with E-state index >= 15 is 0 Å². The molecular formula is C8H15NS. The first kappa shape index (κ1) is 6.99. The number of hydrogen-bond donors (Lipinski definition) is 1. The lowest BCUT2D eigenvalue weighted by Gasteiger charge is -2.27. The van der Waals surface area contributed by atoms with Crippen LogP contribution in [0.2, 0.25) is 0 Å². The average Bonchev–Trinajstić information content (AvgIpc) is 2.59. The Morgan fingerprint density at radius 3 is 2.70 bits per heavy atom. The fraction of sp³-hybridized carbons (Fsp3) is 1.00. The molecule has 1 aliphatic carbocycles. The quantitative estimate of drug-likeness (QED) is 0.654. The Balaban J connectivity index is 1.88. The van der Waals surface area contributed by atoms with Gasteiger partial charge in [-0.15, -0.1) is 0 Å². The van der Waals surface area contributed by atoms with Gasteiger partial charge < -0.3 is 5.73 Å². The summed E-state index contributed by atoms with van der Waals surface area (Å²) in [6.07, 6.45) is 1.47. The second-order valence-corrected chi connectivity index (χ2v) is 4.86. The molecule has 0 aromatic rings. The van der Waals surface area contributed by atoms with Crippen LogP contribution in [-0.4, -0.2) is 18.1 Å². The standard InChI is InChI=1S/C8H15NS/c1-6(3-9)7-2-8(7)4-10-5-8/h6-7H,2-5,9H2,1H3. The molecule has 0 bridgehead atoms. The molecule has 1 nitrogen and oxygen atoms in total. The number of thioether (sulfide) groups is 1. The van der Waals surface area contributed by atoms with Crippen molar-refractivity contribution in [3.05, 3.63) is 0 Å². The largest absolute Gasteiger partial charge is 0.330 e. The van der Waals surface area contributed by atoms with E-state index in [1.807, 2.05) is 0 Å². The van der Waals surface area contributed by atoms with Gasteiger partial charge in [0, 0.05) is 11.5 Å². The first-order valence-corrected chi connectivity index (χ1v) is 5.22. The molecule has 2 atom stereocenters. The molecular weight excluding hydrogens is 142 g/mol. The zero-order valence-electron chi connectivity index (χ0n) is 6.47. The first-order valence-electron chi connectivity index (χ1n) is 4.06. The van der Waals surface area contributed by atoms with Gasteiger partial charge in [-0.2, -0.15) is 11.8 Å². The molecule has 2 rings (SSSR count). The molecule has 58 valence electrons. The molecule has 0 radical (unpaired) electrons. The minimum atomic E-state index is 0.779. The van der Waals surface area contributed by atoms with Crippen LogP contribution in [0.25, 0.3) is 0 Å². The van der Waals surface area contributed by atoms with Crippen molar-refractivity contribution < 1.29 is 0 Å². The molecule has 2 unspecified atom stereocenters. The molecule has 2 fully saturated rings. The highest BCUT2D eigenvalue weighted by molar-refractivity contribution is 8.00. The second kappa shape index (κ2) is 2.15. The van der Waals surface area contributed by atoms with Crippen molar-refractivity contribution in [3.63, 3.8) is 0 Å². The Bertz CT molecular complexity index is 142. The molecule has 10 heavy (non-hydrogen) atoms. The van der Waals surface area contributed by atoms with E-state index in [2.05, 4.69) is 18.7 Å². The summed E-state index contributed by atoms with van der Waals surface area (Å²) in [7, 11) is 0. The van der Waals surface area contributed by atoms with E-state index in [1.54, 1.807) is 0 Å². The van der Waals surface area contributed by atoms with Crippen LogP contribution in [0.3, 0.4) is 0 Å². The van der Waals surface area contributed by atoms with E-state index in [1.165, 1.54) is 17.9 Å². The van der Waals surface area contributed by atoms with Crippen molar-refractivity contribution in [1.29, 1.82) is 0 Å². The van der Waals surface area contributed by atoms with E-state index in [0.29, 0.717) is 0 Å². The van der Waals surface area contributed by atoms with E-state index in [-0.39, 0.29) is 0 Å². The van der Waals surface area contributed by atoms with E-state index in [9.17, 15) is 0 Å². The smallest absolute Gasteiger partial charge is 0.0000194 e. The van der Waals surface area contributed by atoms with Crippen molar-refractivity contribution >= 4 is 11.8 Å². The highest BCUT2D eigenvalue weighted by Crippen LogP contribution is 2.64. The van der Waals surface area contributed by atoms with Crippen molar-refractivity contribution in [2.45, 2.75) is 13.3 Å². The minimum absolute atomic E-state index is 0.779. The maximum absolute atomic E-state index is 5.61. The Morgan fingerprint density at radius 2 is 2.40 bits per heavy atom. The van der Waals surface area contributed by atoms with Crippen molar-refractivity contribution in [1.82, 2.24) is 0 Å². The molecule has 1 saturated heterocycles. The maximum Gasteiger partial charge on any atom is 0.0000194 e. The summed E-state index contributed by atoms with van der Waals surface area (Å²) in [5.41, 5.74) is 6.40. The molecule has 1 spiro atoms. The third-order valence-corrected chi connectivity index (χ3v) is 4.65. The first-order chi connectivity index (χ1) is 4.78. The van der Waals surface area contributed by atoms with Gasteiger partial charge in [0.05, 0.1) is 0 Å². The van der Waals surface area contributed by atoms with Crippen molar-refractivity contribution in [3.8, 4) is 0 Å². The van der Waals surface area contributed by atoms with Crippen LogP contribution < -0.4 is 5.73 Å². The Labute approximate surface area is 66.7 Å². The zero-order valence-corrected chi connectivity index (χ0v) is 7.29. The summed E-state index contributed by atoms with van der Waals surface area (Å²) in [6, 6.07) is 0. The molecule has 1 aliphatic heterocycles. The van der Waals surface area contributed by atoms with E-state index < -0.39 is 0 Å². The summed E-state index contributed by atoms with van der Waals surface area (Å²) >= 11 is 2.10. The highest BCUT2D eigenvalue weighted by Gasteiger charge is 2.59. The van der Waals surface area contributed by atoms with Gasteiger partial charge in [-0.3, -0.25) is 0 Å². The van der Waals surface area contributed by atoms with Crippen molar-refractivity contribution in [2.75, 3.05) is 18.1 Å². The fourth-order valence-electron chi connectivity index (χ4n) is 2.04. The van der Waals surface area contributed by atoms with Gasteiger partial charge in [0.2, 0.25) is 0 Å². The van der Waals surface area contributed by atoms with Crippen LogP contribution in [0.5, 0.6) is 0 Å². The predicted molar refractivity (Wildman–Crippen MR) is 46.1 cm³/mol. The third-order valence-electron chi connectivity index (χ3n) is 3.09. The van der Waals surface area contributed by atoms with E-state index in [4.69, 9.17) is 5.73 Å². The van der Waals surface area contributed by atoms with Gasteiger partial charge in [0.15, 0.2) is 0 Å². The van der Waals surface area contributed by atoms with Crippen LogP contribution in [0.15, 0.2) is 0 Å². The lowest BCUT2D eigenvalue weighted by atomic mass is 9.98. The Hall–Kier alpha value is 0.310. The zero-order chi connectivity index (χ0) is 7.19. The summed E-state index contributed by atoms with van der Waals surface area (Å²) in [6.45, 7) is 3.18. The molecule has 1 saturated carbocycles. The lowest BCUT2D eigenvalue weighted by molar-refractivity contribution is 0.427. The normalized spacial score (nSPS) is 37.2. The van der Waals surface area contributed by atoms with Crippen LogP contribution in [-0.2, 0) is 0 Å². The SMILES string of the molecule is CC(CN)C1CC12CSC2. The monoisotopic (exact) mass is 157 g/mol. The van der Waals surface area contributed by atoms with Gasteiger partial charge in [0.1, 0.15) is 0 Å². The van der Waals surface area contributed by atoms with Crippen LogP contribution in [0, 0.1) is 17.3 Å². The highest BCUT2D eigenvalue weighted by atomic mass is 32.2. The predicted octanol–water partition coefficient (Wildman–Crippen LogP) is 1.33. The molecule has 0 aromatic carbocycles. The third kappa shape index (κ3) is 0.817. The molecule has 1 heterocycles. The minimum Gasteiger partial charge on any atom is -0.330 e. The molecule has 0 amide bonds. The fourth-order valence-corrected chi connectivity index (χ4v) is 3.44. The Kier molecular flexibility index (Phi) is 1.50. The van der Waals surface area contributed by atoms with Crippen LogP contribution in [0.1, 0.15) is 13.3 Å². The van der Waals surface area contributed by atoms with E-state index in [0.717, 1.165) is 23.8 Å². The molecule has 0 aromatic heterocycles. The van der Waals surface area contributed by atoms with Crippen LogP contribution >= 0.6 is 11.8 Å². The van der Waals surface area contributed by atoms with Gasteiger partial charge >= 0.3 is 0 Å². The van der Waals surface area contributed by atoms with Crippen molar-refractivity contribution in [2.24, 2.45) is 23.0 Å². The number of nitrogens with two attached hydrogens (primary N) is 1. The molecule has 2 heteroatoms. The maximum atomic E-state index is 5.61. The summed E-state index contributed by atoms with van der Waals surface area (Å²) < 4.78 is 0. The lowest BCUT2D eigenvalue weighted by Crippen LogP contribution is -2.26. The van der Waals surface area contributed by atoms with Gasteiger partial charge in [-0.05, 0) is 30.2 Å².